The molecule has 0 spiro atoms. The minimum Gasteiger partial charge on any atom is -0.308 e. The molecule has 6 nitrogen and oxygen atoms in total. The van der Waals surface area contributed by atoms with Crippen LogP contribution in [-0.4, -0.2) is 24.3 Å². The number of nitrogens with zero attached hydrogens (tertiary/aromatic N) is 2. The van der Waals surface area contributed by atoms with Crippen LogP contribution < -0.4 is 15.3 Å². The van der Waals surface area contributed by atoms with Gasteiger partial charge in [-0.05, 0) is 61.2 Å². The molecule has 3 aliphatic rings. The van der Waals surface area contributed by atoms with Gasteiger partial charge < -0.3 is 4.90 Å². The highest BCUT2D eigenvalue weighted by Gasteiger charge is 2.42. The highest BCUT2D eigenvalue weighted by molar-refractivity contribution is 9.10. The SMILES string of the molecule is O=C1NN(c2cccc(C(=O)N3CCc4cc(Br)ccc43)c2)C(=O)[C@H]2CC=CC[C@@H]12. The molecule has 3 amide bonds. The number of carbonyl (C=O) groups is 3. The highest BCUT2D eigenvalue weighted by atomic mass is 79.9. The van der Waals surface area contributed by atoms with Gasteiger partial charge >= 0.3 is 0 Å². The van der Waals surface area contributed by atoms with Crippen molar-refractivity contribution in [2.24, 2.45) is 11.8 Å². The van der Waals surface area contributed by atoms with Crippen LogP contribution >= 0.6 is 15.9 Å². The third kappa shape index (κ3) is 3.13. The number of rotatable bonds is 2. The maximum Gasteiger partial charge on any atom is 0.258 e. The number of benzene rings is 2. The molecule has 0 bridgehead atoms. The van der Waals surface area contributed by atoms with Crippen molar-refractivity contribution < 1.29 is 14.4 Å². The smallest absolute Gasteiger partial charge is 0.258 e. The third-order valence-electron chi connectivity index (χ3n) is 6.06. The van der Waals surface area contributed by atoms with Crippen LogP contribution in [0.3, 0.4) is 0 Å². The van der Waals surface area contributed by atoms with Crippen LogP contribution in [0.25, 0.3) is 0 Å². The minimum absolute atomic E-state index is 0.118. The molecule has 1 N–H and O–H groups in total. The first-order valence-electron chi connectivity index (χ1n) is 10.0. The molecule has 2 aromatic carbocycles. The minimum atomic E-state index is -0.355. The van der Waals surface area contributed by atoms with E-state index in [2.05, 4.69) is 21.4 Å². The largest absolute Gasteiger partial charge is 0.308 e. The number of halogens is 1. The second-order valence-corrected chi connectivity index (χ2v) is 8.75. The monoisotopic (exact) mass is 465 g/mol. The number of carbonyl (C=O) groups excluding carboxylic acids is 3. The van der Waals surface area contributed by atoms with Crippen molar-refractivity contribution in [3.8, 4) is 0 Å². The van der Waals surface area contributed by atoms with Crippen LogP contribution in [0.5, 0.6) is 0 Å². The molecule has 2 aromatic rings. The summed E-state index contributed by atoms with van der Waals surface area (Å²) in [6, 6.07) is 12.8. The Hall–Kier alpha value is -2.93. The van der Waals surface area contributed by atoms with Gasteiger partial charge in [-0.2, -0.15) is 0 Å². The van der Waals surface area contributed by atoms with Gasteiger partial charge in [0.2, 0.25) is 11.8 Å². The normalized spacial score (nSPS) is 22.6. The van der Waals surface area contributed by atoms with Gasteiger partial charge in [0.25, 0.3) is 5.91 Å². The van der Waals surface area contributed by atoms with E-state index in [1.165, 1.54) is 5.01 Å². The average molecular weight is 466 g/mol. The maximum absolute atomic E-state index is 13.2. The zero-order chi connectivity index (χ0) is 20.8. The molecule has 2 heterocycles. The number of amides is 3. The fraction of sp³-hybridized carbons (Fsp3) is 0.261. The van der Waals surface area contributed by atoms with Crippen LogP contribution in [-0.2, 0) is 16.0 Å². The first kappa shape index (κ1) is 19.1. The lowest BCUT2D eigenvalue weighted by atomic mass is 9.80. The van der Waals surface area contributed by atoms with Crippen LogP contribution in [0.4, 0.5) is 11.4 Å². The topological polar surface area (TPSA) is 69.7 Å². The van der Waals surface area contributed by atoms with Crippen LogP contribution in [0, 0.1) is 11.8 Å². The van der Waals surface area contributed by atoms with E-state index in [-0.39, 0.29) is 29.6 Å². The third-order valence-corrected chi connectivity index (χ3v) is 6.56. The maximum atomic E-state index is 13.2. The zero-order valence-electron chi connectivity index (χ0n) is 16.2. The Morgan fingerprint density at radius 3 is 2.67 bits per heavy atom. The fourth-order valence-corrected chi connectivity index (χ4v) is 4.91. The summed E-state index contributed by atoms with van der Waals surface area (Å²) >= 11 is 3.48. The Morgan fingerprint density at radius 1 is 1.03 bits per heavy atom. The van der Waals surface area contributed by atoms with Crippen molar-refractivity contribution in [2.75, 3.05) is 16.5 Å². The number of hydrazine groups is 1. The zero-order valence-corrected chi connectivity index (χ0v) is 17.8. The molecule has 2 atom stereocenters. The molecule has 7 heteroatoms. The standard InChI is InChI=1S/C23H20BrN3O3/c24-16-8-9-20-14(12-16)10-11-26(20)22(29)15-4-3-5-17(13-15)27-23(30)19-7-2-1-6-18(19)21(28)25-27/h1-5,8-9,12-13,18-19H,6-7,10-11H2,(H,25,28)/t18-,19+/m1/s1. The molecule has 0 saturated carbocycles. The molecule has 2 aliphatic heterocycles. The van der Waals surface area contributed by atoms with Gasteiger partial charge in [0, 0.05) is 22.3 Å². The van der Waals surface area contributed by atoms with Gasteiger partial charge in [-0.3, -0.25) is 19.8 Å². The fourth-order valence-electron chi connectivity index (χ4n) is 4.50. The average Bonchev–Trinajstić information content (AvgIpc) is 3.19. The Labute approximate surface area is 182 Å². The molecule has 1 fully saturated rings. The van der Waals surface area contributed by atoms with E-state index in [1.54, 1.807) is 29.2 Å². The summed E-state index contributed by atoms with van der Waals surface area (Å²) in [5.74, 6) is -1.08. The van der Waals surface area contributed by atoms with E-state index in [4.69, 9.17) is 0 Å². The molecule has 152 valence electrons. The van der Waals surface area contributed by atoms with Crippen LogP contribution in [0.2, 0.25) is 0 Å². The first-order chi connectivity index (χ1) is 14.5. The predicted octanol–water partition coefficient (Wildman–Crippen LogP) is 3.61. The number of fused-ring (bicyclic) bond motifs is 2. The summed E-state index contributed by atoms with van der Waals surface area (Å²) in [7, 11) is 0. The first-order valence-corrected chi connectivity index (χ1v) is 10.8. The Balaban J connectivity index is 1.43. The molecule has 0 aromatic heterocycles. The number of anilines is 2. The van der Waals surface area contributed by atoms with Crippen molar-refractivity contribution in [3.05, 3.63) is 70.2 Å². The van der Waals surface area contributed by atoms with Gasteiger partial charge in [0.15, 0.2) is 0 Å². The number of allylic oxidation sites excluding steroid dienone is 2. The Bertz CT molecular complexity index is 1100. The van der Waals surface area contributed by atoms with Gasteiger partial charge in [-0.1, -0.05) is 34.1 Å². The molecule has 0 radical (unpaired) electrons. The highest BCUT2D eigenvalue weighted by Crippen LogP contribution is 2.34. The summed E-state index contributed by atoms with van der Waals surface area (Å²) in [6.07, 6.45) is 5.86. The number of nitrogens with one attached hydrogen (secondary N) is 1. The second-order valence-electron chi connectivity index (χ2n) is 7.84. The summed E-state index contributed by atoms with van der Waals surface area (Å²) < 4.78 is 0.993. The Morgan fingerprint density at radius 2 is 1.83 bits per heavy atom. The molecular formula is C23H20BrN3O3. The van der Waals surface area contributed by atoms with E-state index >= 15 is 0 Å². The second kappa shape index (κ2) is 7.40. The van der Waals surface area contributed by atoms with E-state index in [1.807, 2.05) is 30.4 Å². The number of hydrogen-bond donors (Lipinski definition) is 1. The van der Waals surface area contributed by atoms with Crippen molar-refractivity contribution in [1.29, 1.82) is 0 Å². The molecular weight excluding hydrogens is 446 g/mol. The summed E-state index contributed by atoms with van der Waals surface area (Å²) in [5, 5.41) is 1.30. The van der Waals surface area contributed by atoms with Crippen molar-refractivity contribution >= 4 is 45.0 Å². The lowest BCUT2D eigenvalue weighted by molar-refractivity contribution is -0.139. The van der Waals surface area contributed by atoms with Crippen molar-refractivity contribution in [1.82, 2.24) is 5.43 Å². The van der Waals surface area contributed by atoms with Gasteiger partial charge in [0.1, 0.15) is 0 Å². The Kier molecular flexibility index (Phi) is 4.70. The van der Waals surface area contributed by atoms with Gasteiger partial charge in [-0.25, -0.2) is 5.01 Å². The van der Waals surface area contributed by atoms with Crippen LogP contribution in [0.15, 0.2) is 59.1 Å². The molecule has 1 aliphatic carbocycles. The van der Waals surface area contributed by atoms with E-state index in [0.717, 1.165) is 22.1 Å². The lowest BCUT2D eigenvalue weighted by Gasteiger charge is -2.38. The molecule has 1 saturated heterocycles. The summed E-state index contributed by atoms with van der Waals surface area (Å²) in [6.45, 7) is 0.615. The van der Waals surface area contributed by atoms with E-state index in [9.17, 15) is 14.4 Å². The molecule has 5 rings (SSSR count). The van der Waals surface area contributed by atoms with Crippen molar-refractivity contribution in [3.63, 3.8) is 0 Å². The van der Waals surface area contributed by atoms with Gasteiger partial charge in [0.05, 0.1) is 17.5 Å². The lowest BCUT2D eigenvalue weighted by Crippen LogP contribution is -2.59. The molecule has 0 unspecified atom stereocenters. The van der Waals surface area contributed by atoms with Gasteiger partial charge in [-0.15, -0.1) is 0 Å². The summed E-state index contributed by atoms with van der Waals surface area (Å²) in [4.78, 5) is 40.5. The van der Waals surface area contributed by atoms with Crippen LogP contribution in [0.1, 0.15) is 28.8 Å². The van der Waals surface area contributed by atoms with E-state index < -0.39 is 0 Å². The molecule has 30 heavy (non-hydrogen) atoms. The summed E-state index contributed by atoms with van der Waals surface area (Å²) in [5.41, 5.74) is 5.74. The predicted molar refractivity (Wildman–Crippen MR) is 117 cm³/mol. The number of hydrogen-bond acceptors (Lipinski definition) is 3. The van der Waals surface area contributed by atoms with Crippen molar-refractivity contribution in [2.45, 2.75) is 19.3 Å². The van der Waals surface area contributed by atoms with E-state index in [0.29, 0.717) is 30.6 Å². The quantitative estimate of drug-likeness (QED) is 0.688.